The number of hydrogen-bond donors (Lipinski definition) is 0. The Bertz CT molecular complexity index is 534. The van der Waals surface area contributed by atoms with E-state index in [2.05, 4.69) is 4.90 Å². The summed E-state index contributed by atoms with van der Waals surface area (Å²) in [7, 11) is 3.42. The molecule has 0 radical (unpaired) electrons. The minimum Gasteiger partial charge on any atom is -0.490 e. The quantitative estimate of drug-likeness (QED) is 0.616. The monoisotopic (exact) mass is 292 g/mol. The van der Waals surface area contributed by atoms with Crippen molar-refractivity contribution in [2.45, 2.75) is 38.3 Å². The first kappa shape index (κ1) is 15.4. The third-order valence-corrected chi connectivity index (χ3v) is 4.01. The van der Waals surface area contributed by atoms with E-state index in [4.69, 9.17) is 4.74 Å². The summed E-state index contributed by atoms with van der Waals surface area (Å²) < 4.78 is 5.00. The van der Waals surface area contributed by atoms with E-state index in [0.29, 0.717) is 31.2 Å². The minimum atomic E-state index is -0.429. The van der Waals surface area contributed by atoms with E-state index in [1.807, 2.05) is 13.1 Å². The number of benzene rings is 1. The van der Waals surface area contributed by atoms with Crippen molar-refractivity contribution >= 4 is 11.5 Å². The maximum atomic E-state index is 11.3. The Hall–Kier alpha value is -1.95. The first-order valence-electron chi connectivity index (χ1n) is 7.04. The largest absolute Gasteiger partial charge is 0.490 e. The van der Waals surface area contributed by atoms with Gasteiger partial charge in [0.1, 0.15) is 5.78 Å². The van der Waals surface area contributed by atoms with Crippen LogP contribution in [0, 0.1) is 10.1 Å². The Morgan fingerprint density at radius 2 is 2.05 bits per heavy atom. The summed E-state index contributed by atoms with van der Waals surface area (Å²) in [6.07, 6.45) is 3.01. The lowest BCUT2D eigenvalue weighted by Crippen LogP contribution is -2.34. The highest BCUT2D eigenvalue weighted by molar-refractivity contribution is 5.79. The highest BCUT2D eigenvalue weighted by Gasteiger charge is 2.23. The Morgan fingerprint density at radius 1 is 1.38 bits per heavy atom. The zero-order valence-corrected chi connectivity index (χ0v) is 12.4. The molecule has 6 nitrogen and oxygen atoms in total. The summed E-state index contributed by atoms with van der Waals surface area (Å²) in [5, 5.41) is 11.0. The summed E-state index contributed by atoms with van der Waals surface area (Å²) in [6.45, 7) is 0.629. The van der Waals surface area contributed by atoms with Gasteiger partial charge in [-0.2, -0.15) is 0 Å². The van der Waals surface area contributed by atoms with E-state index in [9.17, 15) is 14.9 Å². The van der Waals surface area contributed by atoms with Crippen LogP contribution in [0.25, 0.3) is 0 Å². The van der Waals surface area contributed by atoms with Crippen molar-refractivity contribution in [2.75, 3.05) is 14.2 Å². The average molecular weight is 292 g/mol. The van der Waals surface area contributed by atoms with Crippen molar-refractivity contribution in [2.24, 2.45) is 0 Å². The fourth-order valence-electron chi connectivity index (χ4n) is 2.76. The third kappa shape index (κ3) is 3.78. The normalized spacial score (nSPS) is 16.2. The van der Waals surface area contributed by atoms with Crippen LogP contribution in [0.3, 0.4) is 0 Å². The van der Waals surface area contributed by atoms with Crippen LogP contribution in [0.4, 0.5) is 5.69 Å². The lowest BCUT2D eigenvalue weighted by molar-refractivity contribution is -0.385. The van der Waals surface area contributed by atoms with Crippen molar-refractivity contribution in [3.63, 3.8) is 0 Å². The SMILES string of the molecule is COc1ccc(CN(C)C2CCC(=O)CC2)cc1[N+](=O)[O-]. The van der Waals surface area contributed by atoms with Crippen molar-refractivity contribution in [3.05, 3.63) is 33.9 Å². The number of nitro benzene ring substituents is 1. The highest BCUT2D eigenvalue weighted by Crippen LogP contribution is 2.29. The maximum absolute atomic E-state index is 11.3. The van der Waals surface area contributed by atoms with E-state index in [0.717, 1.165) is 18.4 Å². The first-order valence-corrected chi connectivity index (χ1v) is 7.04. The van der Waals surface area contributed by atoms with Crippen molar-refractivity contribution in [1.82, 2.24) is 4.90 Å². The molecule has 1 aliphatic rings. The molecule has 0 unspecified atom stereocenters. The summed E-state index contributed by atoms with van der Waals surface area (Å²) >= 11 is 0. The minimum absolute atomic E-state index is 0.0118. The molecule has 0 amide bonds. The van der Waals surface area contributed by atoms with Gasteiger partial charge in [-0.3, -0.25) is 19.8 Å². The Balaban J connectivity index is 2.07. The number of carbonyl (C=O) groups excluding carboxylic acids is 1. The molecule has 114 valence electrons. The third-order valence-electron chi connectivity index (χ3n) is 4.01. The number of ether oxygens (including phenoxy) is 1. The second-order valence-corrected chi connectivity index (χ2v) is 5.45. The number of methoxy groups -OCH3 is 1. The molecule has 1 aliphatic carbocycles. The molecule has 0 heterocycles. The number of Topliss-reactive ketones (excluding diaryl/α,β-unsaturated/α-hetero) is 1. The van der Waals surface area contributed by atoms with E-state index < -0.39 is 4.92 Å². The lowest BCUT2D eigenvalue weighted by atomic mass is 9.93. The Kier molecular flexibility index (Phi) is 4.90. The number of rotatable bonds is 5. The van der Waals surface area contributed by atoms with Crippen LogP contribution in [0.1, 0.15) is 31.2 Å². The molecule has 21 heavy (non-hydrogen) atoms. The molecule has 1 aromatic rings. The number of hydrogen-bond acceptors (Lipinski definition) is 5. The van der Waals surface area contributed by atoms with E-state index in [1.54, 1.807) is 12.1 Å². The van der Waals surface area contributed by atoms with Crippen molar-refractivity contribution < 1.29 is 14.5 Å². The predicted octanol–water partition coefficient (Wildman–Crippen LogP) is 2.55. The van der Waals surface area contributed by atoms with Gasteiger partial charge in [-0.1, -0.05) is 6.07 Å². The smallest absolute Gasteiger partial charge is 0.311 e. The molecule has 2 rings (SSSR count). The number of nitro groups is 1. The lowest BCUT2D eigenvalue weighted by Gasteiger charge is -2.30. The van der Waals surface area contributed by atoms with Gasteiger partial charge in [-0.25, -0.2) is 0 Å². The maximum Gasteiger partial charge on any atom is 0.311 e. The van der Waals surface area contributed by atoms with Crippen LogP contribution in [0.15, 0.2) is 18.2 Å². The standard InChI is InChI=1S/C15H20N2O4/c1-16(12-4-6-13(18)7-5-12)10-11-3-8-15(21-2)14(9-11)17(19)20/h3,8-9,12H,4-7,10H2,1-2H3. The topological polar surface area (TPSA) is 72.7 Å². The predicted molar refractivity (Wildman–Crippen MR) is 78.4 cm³/mol. The van der Waals surface area contributed by atoms with Gasteiger partial charge >= 0.3 is 5.69 Å². The Labute approximate surface area is 123 Å². The number of ketones is 1. The van der Waals surface area contributed by atoms with Gasteiger partial charge in [0.25, 0.3) is 0 Å². The van der Waals surface area contributed by atoms with Gasteiger partial charge in [0.15, 0.2) is 5.75 Å². The van der Waals surface area contributed by atoms with Crippen LogP contribution >= 0.6 is 0 Å². The molecule has 0 atom stereocenters. The van der Waals surface area contributed by atoms with Gasteiger partial charge in [-0.15, -0.1) is 0 Å². The highest BCUT2D eigenvalue weighted by atomic mass is 16.6. The molecule has 0 saturated heterocycles. The van der Waals surface area contributed by atoms with Gasteiger partial charge < -0.3 is 4.74 Å². The van der Waals surface area contributed by atoms with Gasteiger partial charge in [0.05, 0.1) is 12.0 Å². The van der Waals surface area contributed by atoms with Gasteiger partial charge in [0.2, 0.25) is 0 Å². The van der Waals surface area contributed by atoms with E-state index >= 15 is 0 Å². The molecule has 0 N–H and O–H groups in total. The molecule has 6 heteroatoms. The summed E-state index contributed by atoms with van der Waals surface area (Å²) in [5.74, 6) is 0.606. The molecule has 1 aromatic carbocycles. The second kappa shape index (κ2) is 6.67. The molecular weight excluding hydrogens is 272 g/mol. The molecular formula is C15H20N2O4. The molecule has 0 aromatic heterocycles. The fraction of sp³-hybridized carbons (Fsp3) is 0.533. The van der Waals surface area contributed by atoms with E-state index in [-0.39, 0.29) is 11.4 Å². The van der Waals surface area contributed by atoms with Crippen LogP contribution in [0.2, 0.25) is 0 Å². The number of carbonyl (C=O) groups is 1. The molecule has 1 fully saturated rings. The van der Waals surface area contributed by atoms with Gasteiger partial charge in [-0.05, 0) is 31.5 Å². The van der Waals surface area contributed by atoms with Crippen LogP contribution in [0.5, 0.6) is 5.75 Å². The van der Waals surface area contributed by atoms with Crippen LogP contribution < -0.4 is 4.74 Å². The van der Waals surface area contributed by atoms with E-state index in [1.165, 1.54) is 7.11 Å². The van der Waals surface area contributed by atoms with Crippen molar-refractivity contribution in [1.29, 1.82) is 0 Å². The zero-order valence-electron chi connectivity index (χ0n) is 12.4. The number of nitrogens with zero attached hydrogens (tertiary/aromatic N) is 2. The average Bonchev–Trinajstić information content (AvgIpc) is 2.47. The van der Waals surface area contributed by atoms with Gasteiger partial charge in [0, 0.05) is 31.5 Å². The molecule has 1 saturated carbocycles. The fourth-order valence-corrected chi connectivity index (χ4v) is 2.76. The zero-order chi connectivity index (χ0) is 15.4. The second-order valence-electron chi connectivity index (χ2n) is 5.45. The van der Waals surface area contributed by atoms with Crippen molar-refractivity contribution in [3.8, 4) is 5.75 Å². The summed E-state index contributed by atoms with van der Waals surface area (Å²) in [5.41, 5.74) is 0.865. The van der Waals surface area contributed by atoms with Crippen LogP contribution in [-0.2, 0) is 11.3 Å². The summed E-state index contributed by atoms with van der Waals surface area (Å²) in [6, 6.07) is 5.40. The molecule has 0 bridgehead atoms. The Morgan fingerprint density at radius 3 is 2.62 bits per heavy atom. The van der Waals surface area contributed by atoms with Crippen LogP contribution in [-0.4, -0.2) is 35.8 Å². The first-order chi connectivity index (χ1) is 10.0. The summed E-state index contributed by atoms with van der Waals surface area (Å²) in [4.78, 5) is 24.0. The molecule has 0 spiro atoms. The molecule has 0 aliphatic heterocycles.